The van der Waals surface area contributed by atoms with Gasteiger partial charge in [-0.3, -0.25) is 9.69 Å². The maximum absolute atomic E-state index is 12.5. The lowest BCUT2D eigenvalue weighted by Gasteiger charge is -2.28. The van der Waals surface area contributed by atoms with Gasteiger partial charge in [0.25, 0.3) is 0 Å². The molecule has 3 heteroatoms. The molecule has 1 saturated heterocycles. The van der Waals surface area contributed by atoms with Gasteiger partial charge in [0.15, 0.2) is 5.78 Å². The van der Waals surface area contributed by atoms with Gasteiger partial charge in [-0.1, -0.05) is 30.7 Å². The molecule has 0 spiro atoms. The molecule has 102 valence electrons. The van der Waals surface area contributed by atoms with E-state index >= 15 is 0 Å². The van der Waals surface area contributed by atoms with Crippen molar-refractivity contribution in [3.63, 3.8) is 0 Å². The van der Waals surface area contributed by atoms with E-state index in [0.29, 0.717) is 11.7 Å². The molecule has 2 nitrogen and oxygen atoms in total. The molecule has 0 amide bonds. The summed E-state index contributed by atoms with van der Waals surface area (Å²) in [6, 6.07) is 8.22. The summed E-state index contributed by atoms with van der Waals surface area (Å²) < 4.78 is 0. The van der Waals surface area contributed by atoms with Gasteiger partial charge in [-0.2, -0.15) is 11.8 Å². The smallest absolute Gasteiger partial charge is 0.166 e. The summed E-state index contributed by atoms with van der Waals surface area (Å²) in [5.41, 5.74) is 2.21. The van der Waals surface area contributed by atoms with E-state index in [-0.39, 0.29) is 0 Å². The highest BCUT2D eigenvalue weighted by molar-refractivity contribution is 7.99. The number of carbonyl (C=O) groups is 1. The number of hydrogen-bond acceptors (Lipinski definition) is 3. The average molecular weight is 275 g/mol. The molecule has 1 aliphatic carbocycles. The van der Waals surface area contributed by atoms with Crippen LogP contribution in [-0.4, -0.2) is 35.3 Å². The molecule has 0 radical (unpaired) electrons. The average Bonchev–Trinajstić information content (AvgIpc) is 2.38. The first kappa shape index (κ1) is 13.2. The second-order valence-corrected chi connectivity index (χ2v) is 6.76. The molecule has 2 fully saturated rings. The predicted molar refractivity (Wildman–Crippen MR) is 80.7 cm³/mol. The van der Waals surface area contributed by atoms with Crippen LogP contribution in [0.3, 0.4) is 0 Å². The van der Waals surface area contributed by atoms with E-state index in [1.165, 1.54) is 23.5 Å². The molecule has 1 aliphatic heterocycles. The SMILES string of the molecule is O=C(c1ccccc1CN1CCSCC1)C1CCC1. The van der Waals surface area contributed by atoms with Crippen molar-refractivity contribution in [2.24, 2.45) is 5.92 Å². The lowest BCUT2D eigenvalue weighted by Crippen LogP contribution is -2.33. The molecule has 19 heavy (non-hydrogen) atoms. The van der Waals surface area contributed by atoms with E-state index in [0.717, 1.165) is 38.0 Å². The van der Waals surface area contributed by atoms with Gasteiger partial charge < -0.3 is 0 Å². The van der Waals surface area contributed by atoms with Gasteiger partial charge in [-0.05, 0) is 18.4 Å². The molecule has 0 atom stereocenters. The monoisotopic (exact) mass is 275 g/mol. The third-order valence-electron chi connectivity index (χ3n) is 4.26. The van der Waals surface area contributed by atoms with Crippen LogP contribution in [-0.2, 0) is 6.54 Å². The summed E-state index contributed by atoms with van der Waals surface area (Å²) >= 11 is 2.03. The Balaban J connectivity index is 1.74. The van der Waals surface area contributed by atoms with Crippen molar-refractivity contribution in [1.82, 2.24) is 4.90 Å². The highest BCUT2D eigenvalue weighted by atomic mass is 32.2. The van der Waals surface area contributed by atoms with Crippen molar-refractivity contribution < 1.29 is 4.79 Å². The zero-order valence-corrected chi connectivity index (χ0v) is 12.1. The molecule has 3 rings (SSSR count). The van der Waals surface area contributed by atoms with Crippen LogP contribution < -0.4 is 0 Å². The third kappa shape index (κ3) is 3.03. The minimum atomic E-state index is 0.304. The lowest BCUT2D eigenvalue weighted by molar-refractivity contribution is 0.0853. The van der Waals surface area contributed by atoms with Gasteiger partial charge in [0.2, 0.25) is 0 Å². The molecular weight excluding hydrogens is 254 g/mol. The molecule has 1 aromatic rings. The van der Waals surface area contributed by atoms with Gasteiger partial charge in [0.05, 0.1) is 0 Å². The van der Waals surface area contributed by atoms with Gasteiger partial charge in [0, 0.05) is 42.6 Å². The Labute approximate surface area is 119 Å². The molecule has 0 bridgehead atoms. The fourth-order valence-corrected chi connectivity index (χ4v) is 3.77. The maximum atomic E-state index is 12.5. The number of carbonyl (C=O) groups excluding carboxylic acids is 1. The summed E-state index contributed by atoms with van der Waals surface area (Å²) in [6.07, 6.45) is 3.41. The molecule has 1 heterocycles. The van der Waals surface area contributed by atoms with E-state index in [4.69, 9.17) is 0 Å². The van der Waals surface area contributed by atoms with Crippen LogP contribution >= 0.6 is 11.8 Å². The Hall–Kier alpha value is -0.800. The van der Waals surface area contributed by atoms with E-state index in [1.54, 1.807) is 0 Å². The number of nitrogens with zero attached hydrogens (tertiary/aromatic N) is 1. The first-order chi connectivity index (χ1) is 9.34. The van der Waals surface area contributed by atoms with Crippen molar-refractivity contribution in [2.75, 3.05) is 24.6 Å². The van der Waals surface area contributed by atoms with Crippen molar-refractivity contribution in [2.45, 2.75) is 25.8 Å². The van der Waals surface area contributed by atoms with Gasteiger partial charge in [-0.15, -0.1) is 0 Å². The number of hydrogen-bond donors (Lipinski definition) is 0. The van der Waals surface area contributed by atoms with Crippen molar-refractivity contribution in [3.05, 3.63) is 35.4 Å². The summed E-state index contributed by atoms with van der Waals surface area (Å²) in [6.45, 7) is 3.24. The number of rotatable bonds is 4. The highest BCUT2D eigenvalue weighted by Gasteiger charge is 2.27. The van der Waals surface area contributed by atoms with Crippen LogP contribution in [0, 0.1) is 5.92 Å². The number of Topliss-reactive ketones (excluding diaryl/α,β-unsaturated/α-hetero) is 1. The number of benzene rings is 1. The van der Waals surface area contributed by atoms with Crippen molar-refractivity contribution >= 4 is 17.5 Å². The molecule has 1 saturated carbocycles. The predicted octanol–water partition coefficient (Wildman–Crippen LogP) is 3.22. The Morgan fingerprint density at radius 1 is 1.21 bits per heavy atom. The normalized spacial score (nSPS) is 21.1. The molecular formula is C16H21NOS. The van der Waals surface area contributed by atoms with Crippen molar-refractivity contribution in [1.29, 1.82) is 0 Å². The molecule has 1 aromatic carbocycles. The van der Waals surface area contributed by atoms with Gasteiger partial charge in [0.1, 0.15) is 0 Å². The summed E-state index contributed by atoms with van der Waals surface area (Å²) in [7, 11) is 0. The quantitative estimate of drug-likeness (QED) is 0.787. The minimum Gasteiger partial charge on any atom is -0.297 e. The molecule has 0 unspecified atom stereocenters. The summed E-state index contributed by atoms with van der Waals surface area (Å²) in [4.78, 5) is 14.9. The van der Waals surface area contributed by atoms with Crippen LogP contribution in [0.2, 0.25) is 0 Å². The fourth-order valence-electron chi connectivity index (χ4n) is 2.79. The summed E-state index contributed by atoms with van der Waals surface area (Å²) in [5.74, 6) is 3.13. The first-order valence-electron chi connectivity index (χ1n) is 7.27. The second kappa shape index (κ2) is 6.10. The number of ketones is 1. The maximum Gasteiger partial charge on any atom is 0.166 e. The Morgan fingerprint density at radius 3 is 2.63 bits per heavy atom. The van der Waals surface area contributed by atoms with Crippen LogP contribution in [0.5, 0.6) is 0 Å². The standard InChI is InChI=1S/C16H21NOS/c18-16(13-5-3-6-13)15-7-2-1-4-14(15)12-17-8-10-19-11-9-17/h1-2,4,7,13H,3,5-6,8-12H2. The Bertz CT molecular complexity index is 450. The van der Waals surface area contributed by atoms with Crippen LogP contribution in [0.4, 0.5) is 0 Å². The van der Waals surface area contributed by atoms with Crippen LogP contribution in [0.15, 0.2) is 24.3 Å². The van der Waals surface area contributed by atoms with E-state index in [9.17, 15) is 4.79 Å². The minimum absolute atomic E-state index is 0.304. The van der Waals surface area contributed by atoms with E-state index in [1.807, 2.05) is 23.9 Å². The van der Waals surface area contributed by atoms with Crippen LogP contribution in [0.1, 0.15) is 35.2 Å². The van der Waals surface area contributed by atoms with Gasteiger partial charge >= 0.3 is 0 Å². The third-order valence-corrected chi connectivity index (χ3v) is 5.20. The highest BCUT2D eigenvalue weighted by Crippen LogP contribution is 2.31. The Kier molecular flexibility index (Phi) is 4.24. The molecule has 0 aromatic heterocycles. The Morgan fingerprint density at radius 2 is 1.95 bits per heavy atom. The molecule has 0 N–H and O–H groups in total. The fraction of sp³-hybridized carbons (Fsp3) is 0.562. The van der Waals surface area contributed by atoms with E-state index in [2.05, 4.69) is 17.0 Å². The second-order valence-electron chi connectivity index (χ2n) is 5.54. The van der Waals surface area contributed by atoms with Crippen molar-refractivity contribution in [3.8, 4) is 0 Å². The molecule has 2 aliphatic rings. The van der Waals surface area contributed by atoms with Crippen LogP contribution in [0.25, 0.3) is 0 Å². The van der Waals surface area contributed by atoms with E-state index < -0.39 is 0 Å². The largest absolute Gasteiger partial charge is 0.297 e. The topological polar surface area (TPSA) is 20.3 Å². The van der Waals surface area contributed by atoms with Gasteiger partial charge in [-0.25, -0.2) is 0 Å². The summed E-state index contributed by atoms with van der Waals surface area (Å²) in [5, 5.41) is 0. The number of thioether (sulfide) groups is 1. The first-order valence-corrected chi connectivity index (χ1v) is 8.42. The lowest BCUT2D eigenvalue weighted by atomic mass is 9.79. The zero-order chi connectivity index (χ0) is 13.1. The zero-order valence-electron chi connectivity index (χ0n) is 11.3.